The predicted molar refractivity (Wildman–Crippen MR) is 50.0 cm³/mol. The van der Waals surface area contributed by atoms with Crippen molar-refractivity contribution < 1.29 is 24.2 Å². The maximum Gasteiger partial charge on any atom is 0.329 e. The molecular formula is C9H13NO5. The molecule has 0 radical (unpaired) electrons. The number of nitrogens with zero attached hydrogens (tertiary/aromatic N) is 1. The van der Waals surface area contributed by atoms with Gasteiger partial charge in [0.05, 0.1) is 6.42 Å². The van der Waals surface area contributed by atoms with Crippen molar-refractivity contribution in [2.24, 2.45) is 4.99 Å². The molecule has 0 spiro atoms. The molecule has 1 N–H and O–H groups in total. The van der Waals surface area contributed by atoms with Crippen molar-refractivity contribution in [3.05, 3.63) is 0 Å². The summed E-state index contributed by atoms with van der Waals surface area (Å²) < 4.78 is 4.87. The maximum absolute atomic E-state index is 11.2. The largest absolute Gasteiger partial charge is 0.480 e. The third-order valence-corrected chi connectivity index (χ3v) is 1.27. The molecule has 0 rings (SSSR count). The van der Waals surface area contributed by atoms with E-state index < -0.39 is 30.0 Å². The number of aliphatic carboxylic acids is 1. The number of carbonyl (C=O) groups excluding carboxylic acids is 2. The number of carboxylic acids is 1. The molecule has 84 valence electrons. The second-order valence-corrected chi connectivity index (χ2v) is 3.86. The highest BCUT2D eigenvalue weighted by molar-refractivity contribution is 5.82. The Morgan fingerprint density at radius 3 is 2.33 bits per heavy atom. The fourth-order valence-corrected chi connectivity index (χ4v) is 0.793. The van der Waals surface area contributed by atoms with Crippen LogP contribution in [0.3, 0.4) is 0 Å². The van der Waals surface area contributed by atoms with E-state index in [-0.39, 0.29) is 0 Å². The summed E-state index contributed by atoms with van der Waals surface area (Å²) in [6.45, 7) is 4.97. The molecule has 0 aromatic heterocycles. The average Bonchev–Trinajstić information content (AvgIpc) is 1.99. The summed E-state index contributed by atoms with van der Waals surface area (Å²) in [5.41, 5.74) is -0.689. The molecule has 0 aliphatic carbocycles. The van der Waals surface area contributed by atoms with Crippen LogP contribution in [0.1, 0.15) is 27.2 Å². The van der Waals surface area contributed by atoms with Gasteiger partial charge in [-0.05, 0) is 20.8 Å². The van der Waals surface area contributed by atoms with E-state index in [1.807, 2.05) is 0 Å². The Bertz CT molecular complexity index is 296. The van der Waals surface area contributed by atoms with Crippen molar-refractivity contribution in [2.45, 2.75) is 38.8 Å². The van der Waals surface area contributed by atoms with Crippen LogP contribution in [0, 0.1) is 0 Å². The number of ether oxygens (including phenoxy) is 1. The minimum atomic E-state index is -1.42. The summed E-state index contributed by atoms with van der Waals surface area (Å²) in [5.74, 6) is -2.07. The molecule has 0 bridgehead atoms. The average molecular weight is 215 g/mol. The van der Waals surface area contributed by atoms with Gasteiger partial charge in [-0.15, -0.1) is 0 Å². The van der Waals surface area contributed by atoms with Gasteiger partial charge in [-0.25, -0.2) is 9.59 Å². The highest BCUT2D eigenvalue weighted by Gasteiger charge is 2.24. The van der Waals surface area contributed by atoms with Crippen molar-refractivity contribution in [2.75, 3.05) is 0 Å². The molecule has 15 heavy (non-hydrogen) atoms. The second kappa shape index (κ2) is 5.26. The number of isocyanates is 1. The van der Waals surface area contributed by atoms with E-state index in [4.69, 9.17) is 9.84 Å². The molecule has 0 aliphatic heterocycles. The van der Waals surface area contributed by atoms with Gasteiger partial charge in [0, 0.05) is 0 Å². The summed E-state index contributed by atoms with van der Waals surface area (Å²) in [6.07, 6.45) is 0.633. The highest BCUT2D eigenvalue weighted by atomic mass is 16.6. The Kier molecular flexibility index (Phi) is 4.67. The van der Waals surface area contributed by atoms with Gasteiger partial charge in [-0.1, -0.05) is 0 Å². The van der Waals surface area contributed by atoms with Gasteiger partial charge in [0.15, 0.2) is 6.04 Å². The van der Waals surface area contributed by atoms with Crippen LogP contribution in [0.2, 0.25) is 0 Å². The fourth-order valence-electron chi connectivity index (χ4n) is 0.793. The number of hydrogen-bond acceptors (Lipinski definition) is 5. The summed E-state index contributed by atoms with van der Waals surface area (Å²) >= 11 is 0. The molecule has 0 aromatic carbocycles. The number of carbonyl (C=O) groups is 2. The monoisotopic (exact) mass is 215 g/mol. The molecule has 0 aromatic rings. The molecule has 1 atom stereocenters. The van der Waals surface area contributed by atoms with Crippen molar-refractivity contribution in [3.8, 4) is 0 Å². The van der Waals surface area contributed by atoms with Crippen molar-refractivity contribution in [3.63, 3.8) is 0 Å². The minimum absolute atomic E-state index is 0.470. The summed E-state index contributed by atoms with van der Waals surface area (Å²) in [4.78, 5) is 34.6. The summed E-state index contributed by atoms with van der Waals surface area (Å²) in [5, 5.41) is 8.57. The lowest BCUT2D eigenvalue weighted by Crippen LogP contribution is -2.28. The van der Waals surface area contributed by atoms with Crippen molar-refractivity contribution in [1.29, 1.82) is 0 Å². The topological polar surface area (TPSA) is 93.0 Å². The van der Waals surface area contributed by atoms with Crippen LogP contribution >= 0.6 is 0 Å². The van der Waals surface area contributed by atoms with Gasteiger partial charge in [0.25, 0.3) is 0 Å². The minimum Gasteiger partial charge on any atom is -0.480 e. The zero-order valence-electron chi connectivity index (χ0n) is 8.81. The van der Waals surface area contributed by atoms with Crippen LogP contribution in [0.25, 0.3) is 0 Å². The quantitative estimate of drug-likeness (QED) is 0.419. The Morgan fingerprint density at radius 1 is 1.47 bits per heavy atom. The standard InChI is InChI=1S/C9H13NO5/c1-9(2,3)15-7(12)4-6(8(13)14)10-5-11/h6H,4H2,1-3H3,(H,13,14). The lowest BCUT2D eigenvalue weighted by molar-refractivity contribution is -0.157. The normalized spacial score (nSPS) is 12.5. The first-order valence-electron chi connectivity index (χ1n) is 4.28. The third kappa shape index (κ3) is 6.40. The number of carboxylic acid groups (broad SMARTS) is 1. The van der Waals surface area contributed by atoms with Crippen LogP contribution < -0.4 is 0 Å². The van der Waals surface area contributed by atoms with Gasteiger partial charge >= 0.3 is 11.9 Å². The van der Waals surface area contributed by atoms with E-state index in [2.05, 4.69) is 4.99 Å². The van der Waals surface area contributed by atoms with Crippen LogP contribution in [0.5, 0.6) is 0 Å². The number of aliphatic imine (C=N–C) groups is 1. The van der Waals surface area contributed by atoms with Crippen molar-refractivity contribution in [1.82, 2.24) is 0 Å². The Hall–Kier alpha value is -1.68. The molecule has 6 nitrogen and oxygen atoms in total. The molecule has 6 heteroatoms. The van der Waals surface area contributed by atoms with Crippen molar-refractivity contribution >= 4 is 18.0 Å². The second-order valence-electron chi connectivity index (χ2n) is 3.86. The van der Waals surface area contributed by atoms with E-state index in [9.17, 15) is 14.4 Å². The first kappa shape index (κ1) is 13.3. The van der Waals surface area contributed by atoms with E-state index in [0.29, 0.717) is 0 Å². The SMILES string of the molecule is CC(C)(C)OC(=O)CC(N=C=O)C(=O)O. The Morgan fingerprint density at radius 2 is 2.00 bits per heavy atom. The first-order valence-corrected chi connectivity index (χ1v) is 4.28. The molecule has 0 heterocycles. The number of hydrogen-bond donors (Lipinski definition) is 1. The molecule has 1 unspecified atom stereocenters. The lowest BCUT2D eigenvalue weighted by atomic mass is 10.2. The zero-order chi connectivity index (χ0) is 12.1. The Balaban J connectivity index is 4.37. The van der Waals surface area contributed by atoms with Gasteiger partial charge in [-0.3, -0.25) is 4.79 Å². The fraction of sp³-hybridized carbons (Fsp3) is 0.667. The van der Waals surface area contributed by atoms with E-state index in [1.165, 1.54) is 0 Å². The van der Waals surface area contributed by atoms with Crippen LogP contribution in [0.4, 0.5) is 0 Å². The highest BCUT2D eigenvalue weighted by Crippen LogP contribution is 2.10. The van der Waals surface area contributed by atoms with Crippen LogP contribution in [-0.2, 0) is 19.1 Å². The van der Waals surface area contributed by atoms with Gasteiger partial charge in [0.1, 0.15) is 5.60 Å². The molecular weight excluding hydrogens is 202 g/mol. The van der Waals surface area contributed by atoms with E-state index in [0.717, 1.165) is 6.08 Å². The number of esters is 1. The molecule has 0 saturated heterocycles. The van der Waals surface area contributed by atoms with E-state index in [1.54, 1.807) is 20.8 Å². The third-order valence-electron chi connectivity index (χ3n) is 1.27. The van der Waals surface area contributed by atoms with Crippen LogP contribution in [-0.4, -0.2) is 34.8 Å². The van der Waals surface area contributed by atoms with Crippen LogP contribution in [0.15, 0.2) is 4.99 Å². The first-order chi connectivity index (χ1) is 6.76. The van der Waals surface area contributed by atoms with Gasteiger partial charge in [0.2, 0.25) is 6.08 Å². The summed E-state index contributed by atoms with van der Waals surface area (Å²) in [7, 11) is 0. The van der Waals surface area contributed by atoms with E-state index >= 15 is 0 Å². The lowest BCUT2D eigenvalue weighted by Gasteiger charge is -2.19. The number of rotatable bonds is 4. The Labute approximate surface area is 86.9 Å². The molecule has 0 saturated carbocycles. The summed E-state index contributed by atoms with van der Waals surface area (Å²) in [6, 6.07) is -1.42. The maximum atomic E-state index is 11.2. The molecule has 0 fully saturated rings. The molecule has 0 aliphatic rings. The molecule has 0 amide bonds. The smallest absolute Gasteiger partial charge is 0.329 e. The van der Waals surface area contributed by atoms with Gasteiger partial charge in [-0.2, -0.15) is 4.99 Å². The zero-order valence-corrected chi connectivity index (χ0v) is 8.81. The van der Waals surface area contributed by atoms with Gasteiger partial charge < -0.3 is 9.84 Å². The predicted octanol–water partition coefficient (Wildman–Crippen LogP) is 0.507.